The maximum atomic E-state index is 13.4. The molecule has 1 aromatic heterocycles. The zero-order valence-electron chi connectivity index (χ0n) is 21.5. The number of aromatic nitrogens is 3. The number of hydrogen-bond acceptors (Lipinski definition) is 7. The molecule has 0 bridgehead atoms. The second-order valence-corrected chi connectivity index (χ2v) is 10.5. The summed E-state index contributed by atoms with van der Waals surface area (Å²) < 4.78 is 12.5. The molecule has 3 unspecified atom stereocenters. The van der Waals surface area contributed by atoms with Gasteiger partial charge in [-0.1, -0.05) is 16.8 Å². The maximum absolute atomic E-state index is 13.4. The summed E-state index contributed by atoms with van der Waals surface area (Å²) in [6, 6.07) is 12.3. The molecule has 2 aliphatic rings. The largest absolute Gasteiger partial charge is 0.494 e. The molecule has 3 aromatic rings. The number of carboxylic acids is 1. The molecule has 0 spiro atoms. The van der Waals surface area contributed by atoms with E-state index in [2.05, 4.69) is 10.3 Å². The Morgan fingerprint density at radius 3 is 2.58 bits per heavy atom. The van der Waals surface area contributed by atoms with Crippen molar-refractivity contribution in [3.63, 3.8) is 0 Å². The molecule has 9 nitrogen and oxygen atoms in total. The van der Waals surface area contributed by atoms with Crippen LogP contribution in [0.2, 0.25) is 0 Å². The standard InChI is InChI=1S/C29H33N3O6/c1-18-2-9-25-24(16-18)28(34)32(31-30-25)17-21-5-8-23(26(21)29(35)36)27(33)20-3-6-22(7-4-20)38-15-12-19-10-13-37-14-11-19/h2-4,6-7,9,16,19,21,23,26H,5,8,10-15,17H2,1H3,(H,35,36). The Morgan fingerprint density at radius 1 is 1.08 bits per heavy atom. The summed E-state index contributed by atoms with van der Waals surface area (Å²) in [5.74, 6) is -1.88. The number of aliphatic carboxylic acids is 1. The first-order valence-corrected chi connectivity index (χ1v) is 13.3. The monoisotopic (exact) mass is 519 g/mol. The molecule has 1 saturated carbocycles. The molecule has 0 radical (unpaired) electrons. The van der Waals surface area contributed by atoms with Crippen molar-refractivity contribution in [1.82, 2.24) is 15.0 Å². The Balaban J connectivity index is 1.24. The number of carbonyl (C=O) groups is 2. The summed E-state index contributed by atoms with van der Waals surface area (Å²) in [7, 11) is 0. The zero-order valence-corrected chi connectivity index (χ0v) is 21.5. The van der Waals surface area contributed by atoms with Crippen LogP contribution in [0.1, 0.15) is 48.0 Å². The highest BCUT2D eigenvalue weighted by molar-refractivity contribution is 6.00. The van der Waals surface area contributed by atoms with E-state index in [0.717, 1.165) is 38.0 Å². The van der Waals surface area contributed by atoms with E-state index in [1.54, 1.807) is 36.4 Å². The highest BCUT2D eigenvalue weighted by atomic mass is 16.5. The van der Waals surface area contributed by atoms with Crippen LogP contribution >= 0.6 is 0 Å². The van der Waals surface area contributed by atoms with Gasteiger partial charge in [-0.15, -0.1) is 5.10 Å². The third kappa shape index (κ3) is 5.62. The number of hydrogen-bond donors (Lipinski definition) is 1. The Morgan fingerprint density at radius 2 is 1.84 bits per heavy atom. The lowest BCUT2D eigenvalue weighted by Gasteiger charge is -2.22. The lowest BCUT2D eigenvalue weighted by atomic mass is 9.84. The number of ketones is 1. The van der Waals surface area contributed by atoms with E-state index in [0.29, 0.717) is 47.6 Å². The summed E-state index contributed by atoms with van der Waals surface area (Å²) in [6.45, 7) is 4.24. The fourth-order valence-electron chi connectivity index (χ4n) is 5.79. The molecule has 5 rings (SSSR count). The van der Waals surface area contributed by atoms with Crippen LogP contribution in [-0.2, 0) is 16.1 Å². The van der Waals surface area contributed by atoms with E-state index in [1.807, 2.05) is 13.0 Å². The van der Waals surface area contributed by atoms with Crippen LogP contribution in [-0.4, -0.2) is 51.7 Å². The summed E-state index contributed by atoms with van der Waals surface area (Å²) >= 11 is 0. The van der Waals surface area contributed by atoms with Gasteiger partial charge in [0.2, 0.25) is 0 Å². The van der Waals surface area contributed by atoms with Crippen molar-refractivity contribution >= 4 is 22.7 Å². The minimum absolute atomic E-state index is 0.107. The van der Waals surface area contributed by atoms with Crippen molar-refractivity contribution in [3.8, 4) is 5.75 Å². The van der Waals surface area contributed by atoms with Crippen LogP contribution in [0.25, 0.3) is 10.9 Å². The van der Waals surface area contributed by atoms with E-state index in [-0.39, 0.29) is 17.9 Å². The molecule has 200 valence electrons. The second kappa shape index (κ2) is 11.4. The van der Waals surface area contributed by atoms with Gasteiger partial charge in [0, 0.05) is 24.7 Å². The second-order valence-electron chi connectivity index (χ2n) is 10.5. The predicted octanol–water partition coefficient (Wildman–Crippen LogP) is 3.91. The van der Waals surface area contributed by atoms with Gasteiger partial charge in [0.05, 0.1) is 24.5 Å². The topological polar surface area (TPSA) is 121 Å². The van der Waals surface area contributed by atoms with E-state index >= 15 is 0 Å². The highest BCUT2D eigenvalue weighted by Gasteiger charge is 2.45. The van der Waals surface area contributed by atoms with Crippen LogP contribution in [0, 0.1) is 30.6 Å². The van der Waals surface area contributed by atoms with Gasteiger partial charge in [-0.2, -0.15) is 0 Å². The van der Waals surface area contributed by atoms with Gasteiger partial charge in [-0.3, -0.25) is 14.4 Å². The number of benzene rings is 2. The summed E-state index contributed by atoms with van der Waals surface area (Å²) in [5.41, 5.74) is 1.60. The Kier molecular flexibility index (Phi) is 7.83. The SMILES string of the molecule is Cc1ccc2nnn(CC3CCC(C(=O)c4ccc(OCCC5CCOCC5)cc4)C3C(=O)O)c(=O)c2c1. The molecule has 0 amide bonds. The van der Waals surface area contributed by atoms with Gasteiger partial charge < -0.3 is 14.6 Å². The molecule has 1 N–H and O–H groups in total. The van der Waals surface area contributed by atoms with E-state index in [1.165, 1.54) is 4.68 Å². The number of carbonyl (C=O) groups excluding carboxylic acids is 1. The molecule has 2 fully saturated rings. The lowest BCUT2D eigenvalue weighted by Crippen LogP contribution is -2.34. The van der Waals surface area contributed by atoms with Gasteiger partial charge in [0.1, 0.15) is 11.3 Å². The highest BCUT2D eigenvalue weighted by Crippen LogP contribution is 2.40. The molecule has 2 heterocycles. The van der Waals surface area contributed by atoms with Crippen LogP contribution < -0.4 is 10.3 Å². The molecule has 1 aliphatic carbocycles. The Hall–Kier alpha value is -3.59. The van der Waals surface area contributed by atoms with Gasteiger partial charge in [0.15, 0.2) is 5.78 Å². The molecule has 3 atom stereocenters. The van der Waals surface area contributed by atoms with Crippen LogP contribution in [0.5, 0.6) is 5.75 Å². The number of fused-ring (bicyclic) bond motifs is 1. The maximum Gasteiger partial charge on any atom is 0.307 e. The van der Waals surface area contributed by atoms with E-state index in [4.69, 9.17) is 9.47 Å². The molecule has 2 aromatic carbocycles. The lowest BCUT2D eigenvalue weighted by molar-refractivity contribution is -0.144. The Bertz CT molecular complexity index is 1360. The van der Waals surface area contributed by atoms with E-state index in [9.17, 15) is 19.5 Å². The Labute approximate surface area is 220 Å². The third-order valence-electron chi connectivity index (χ3n) is 7.97. The minimum atomic E-state index is -1.03. The number of carboxylic acid groups (broad SMARTS) is 1. The third-order valence-corrected chi connectivity index (χ3v) is 7.97. The summed E-state index contributed by atoms with van der Waals surface area (Å²) in [4.78, 5) is 38.7. The number of rotatable bonds is 9. The molecule has 38 heavy (non-hydrogen) atoms. The predicted molar refractivity (Wildman–Crippen MR) is 140 cm³/mol. The average molecular weight is 520 g/mol. The molecule has 1 saturated heterocycles. The normalized spacial score (nSPS) is 22.0. The van der Waals surface area contributed by atoms with Gasteiger partial charge in [-0.05, 0) is 87.3 Å². The summed E-state index contributed by atoms with van der Waals surface area (Å²) in [6.07, 6.45) is 4.05. The van der Waals surface area contributed by atoms with Crippen LogP contribution in [0.3, 0.4) is 0 Å². The number of Topliss-reactive ketones (excluding diaryl/α,β-unsaturated/α-hetero) is 1. The van der Waals surface area contributed by atoms with Gasteiger partial charge in [-0.25, -0.2) is 4.68 Å². The number of aryl methyl sites for hydroxylation is 1. The van der Waals surface area contributed by atoms with E-state index < -0.39 is 23.7 Å². The van der Waals surface area contributed by atoms with Gasteiger partial charge >= 0.3 is 5.97 Å². The molecule has 9 heteroatoms. The average Bonchev–Trinajstić information content (AvgIpc) is 3.35. The van der Waals surface area contributed by atoms with Crippen LogP contribution in [0.4, 0.5) is 0 Å². The zero-order chi connectivity index (χ0) is 26.6. The minimum Gasteiger partial charge on any atom is -0.494 e. The van der Waals surface area contributed by atoms with Crippen molar-refractivity contribution in [3.05, 3.63) is 63.9 Å². The first-order chi connectivity index (χ1) is 18.4. The fourth-order valence-corrected chi connectivity index (χ4v) is 5.79. The number of nitrogens with zero attached hydrogens (tertiary/aromatic N) is 3. The van der Waals surface area contributed by atoms with Crippen molar-refractivity contribution in [1.29, 1.82) is 0 Å². The fraction of sp³-hybridized carbons (Fsp3) is 0.483. The smallest absolute Gasteiger partial charge is 0.307 e. The van der Waals surface area contributed by atoms with Gasteiger partial charge in [0.25, 0.3) is 5.56 Å². The first-order valence-electron chi connectivity index (χ1n) is 13.3. The number of ether oxygens (including phenoxy) is 2. The molecular weight excluding hydrogens is 486 g/mol. The quantitative estimate of drug-likeness (QED) is 0.423. The summed E-state index contributed by atoms with van der Waals surface area (Å²) in [5, 5.41) is 18.7. The van der Waals surface area contributed by atoms with Crippen molar-refractivity contribution in [2.75, 3.05) is 19.8 Å². The van der Waals surface area contributed by atoms with Crippen molar-refractivity contribution in [2.45, 2.75) is 45.6 Å². The first kappa shape index (κ1) is 26.0. The van der Waals surface area contributed by atoms with Crippen molar-refractivity contribution < 1.29 is 24.2 Å². The molecular formula is C29H33N3O6. The van der Waals surface area contributed by atoms with Crippen molar-refractivity contribution in [2.24, 2.45) is 23.7 Å². The van der Waals surface area contributed by atoms with Crippen LogP contribution in [0.15, 0.2) is 47.3 Å². The molecule has 1 aliphatic heterocycles.